The maximum absolute atomic E-state index is 12.8. The summed E-state index contributed by atoms with van der Waals surface area (Å²) in [5.41, 5.74) is 2.81. The number of aliphatic imine (C=N–C) groups is 1. The van der Waals surface area contributed by atoms with Crippen molar-refractivity contribution in [3.63, 3.8) is 0 Å². The van der Waals surface area contributed by atoms with Gasteiger partial charge in [-0.25, -0.2) is 8.93 Å². The second kappa shape index (κ2) is 12.2. The number of nitrogens with one attached hydrogen (secondary N) is 3. The average molecular weight is 433 g/mol. The van der Waals surface area contributed by atoms with Crippen molar-refractivity contribution in [2.75, 3.05) is 18.4 Å². The van der Waals surface area contributed by atoms with Crippen LogP contribution in [0.3, 0.4) is 0 Å². The second-order valence-corrected chi connectivity index (χ2v) is 7.83. The lowest BCUT2D eigenvalue weighted by Crippen LogP contribution is -2.27. The first-order valence-corrected chi connectivity index (χ1v) is 11.1. The molecule has 1 heterocycles. The summed E-state index contributed by atoms with van der Waals surface area (Å²) in [5, 5.41) is 14.5. The molecule has 31 heavy (non-hydrogen) atoms. The highest BCUT2D eigenvalue weighted by atomic mass is 32.2. The van der Waals surface area contributed by atoms with Crippen molar-refractivity contribution in [2.24, 2.45) is 4.99 Å². The van der Waals surface area contributed by atoms with Gasteiger partial charge in [0.05, 0.1) is 4.90 Å². The number of rotatable bonds is 9. The van der Waals surface area contributed by atoms with Gasteiger partial charge in [-0.05, 0) is 42.2 Å². The minimum atomic E-state index is -1.30. The summed E-state index contributed by atoms with van der Waals surface area (Å²) >= 11 is 0. The SMILES string of the molecule is N#CNC(=NCCCCNS(=O)c1ccccc1-c1ccccc1)Nc1ccncc1. The standard InChI is InChI=1S/C23H24N6OS/c24-18-27-23(29-20-12-16-25-17-13-20)26-14-6-7-15-28-31(30)22-11-5-4-10-21(22)19-8-2-1-3-9-19/h1-5,8-13,16-17,28H,6-7,14-15H2,(H2,25,26,27,29). The molecule has 1 atom stereocenters. The van der Waals surface area contributed by atoms with Crippen molar-refractivity contribution in [1.82, 2.24) is 15.0 Å². The third-order valence-corrected chi connectivity index (χ3v) is 5.60. The molecule has 0 aliphatic heterocycles. The Morgan fingerprint density at radius 1 is 1.00 bits per heavy atom. The number of unbranched alkanes of at least 4 members (excludes halogenated alkanes) is 1. The Labute approximate surface area is 184 Å². The molecule has 0 radical (unpaired) electrons. The van der Waals surface area contributed by atoms with Crippen molar-refractivity contribution in [2.45, 2.75) is 17.7 Å². The molecule has 0 bridgehead atoms. The number of pyridine rings is 1. The summed E-state index contributed by atoms with van der Waals surface area (Å²) in [5.74, 6) is 0.391. The third kappa shape index (κ3) is 7.03. The summed E-state index contributed by atoms with van der Waals surface area (Å²) in [6, 6.07) is 21.3. The number of guanidine groups is 1. The monoisotopic (exact) mass is 432 g/mol. The van der Waals surface area contributed by atoms with E-state index in [1.807, 2.05) is 60.8 Å². The Kier molecular flexibility index (Phi) is 8.73. The lowest BCUT2D eigenvalue weighted by atomic mass is 10.1. The molecular weight excluding hydrogens is 408 g/mol. The summed E-state index contributed by atoms with van der Waals surface area (Å²) in [4.78, 5) is 9.11. The highest BCUT2D eigenvalue weighted by Crippen LogP contribution is 2.25. The van der Waals surface area contributed by atoms with Gasteiger partial charge < -0.3 is 5.32 Å². The molecule has 2 aromatic carbocycles. The summed E-state index contributed by atoms with van der Waals surface area (Å²) < 4.78 is 15.9. The van der Waals surface area contributed by atoms with E-state index in [9.17, 15) is 4.21 Å². The van der Waals surface area contributed by atoms with Crippen molar-refractivity contribution < 1.29 is 4.21 Å². The molecule has 8 heteroatoms. The fraction of sp³-hybridized carbons (Fsp3) is 0.174. The highest BCUT2D eigenvalue weighted by molar-refractivity contribution is 7.83. The van der Waals surface area contributed by atoms with Crippen molar-refractivity contribution in [3.05, 3.63) is 79.1 Å². The van der Waals surface area contributed by atoms with Crippen molar-refractivity contribution in [1.29, 1.82) is 5.26 Å². The number of aromatic nitrogens is 1. The molecule has 3 N–H and O–H groups in total. The van der Waals surface area contributed by atoms with Crippen LogP contribution in [-0.2, 0) is 11.0 Å². The largest absolute Gasteiger partial charge is 0.325 e. The van der Waals surface area contributed by atoms with Gasteiger partial charge in [0, 0.05) is 31.2 Å². The van der Waals surface area contributed by atoms with E-state index in [1.54, 1.807) is 24.5 Å². The topological polar surface area (TPSA) is 102 Å². The zero-order valence-corrected chi connectivity index (χ0v) is 17.8. The molecule has 158 valence electrons. The first kappa shape index (κ1) is 22.2. The predicted molar refractivity (Wildman–Crippen MR) is 124 cm³/mol. The smallest absolute Gasteiger partial charge is 0.209 e. The number of anilines is 1. The number of hydrogen-bond donors (Lipinski definition) is 3. The fourth-order valence-electron chi connectivity index (χ4n) is 2.89. The van der Waals surface area contributed by atoms with Crippen LogP contribution in [0, 0.1) is 11.5 Å². The number of nitriles is 1. The average Bonchev–Trinajstić information content (AvgIpc) is 2.82. The zero-order valence-electron chi connectivity index (χ0n) is 17.0. The van der Waals surface area contributed by atoms with Gasteiger partial charge in [-0.2, -0.15) is 5.26 Å². The van der Waals surface area contributed by atoms with Crippen molar-refractivity contribution in [3.8, 4) is 17.3 Å². The number of nitrogens with zero attached hydrogens (tertiary/aromatic N) is 3. The first-order chi connectivity index (χ1) is 15.3. The molecule has 1 aromatic heterocycles. The van der Waals surface area contributed by atoms with Crippen LogP contribution in [0.2, 0.25) is 0 Å². The zero-order chi connectivity index (χ0) is 21.7. The van der Waals surface area contributed by atoms with E-state index in [0.717, 1.165) is 34.6 Å². The van der Waals surface area contributed by atoms with Gasteiger partial charge >= 0.3 is 0 Å². The fourth-order valence-corrected chi connectivity index (χ4v) is 3.96. The van der Waals surface area contributed by atoms with Crippen LogP contribution < -0.4 is 15.4 Å². The van der Waals surface area contributed by atoms with Crippen LogP contribution in [0.25, 0.3) is 11.1 Å². The maximum Gasteiger partial charge on any atom is 0.209 e. The van der Waals surface area contributed by atoms with E-state index in [0.29, 0.717) is 19.0 Å². The van der Waals surface area contributed by atoms with Crippen LogP contribution in [-0.4, -0.2) is 28.2 Å². The van der Waals surface area contributed by atoms with Gasteiger partial charge in [0.15, 0.2) is 6.19 Å². The molecule has 7 nitrogen and oxygen atoms in total. The van der Waals surface area contributed by atoms with Crippen LogP contribution in [0.5, 0.6) is 0 Å². The Balaban J connectivity index is 1.47. The minimum Gasteiger partial charge on any atom is -0.325 e. The quantitative estimate of drug-likeness (QED) is 0.157. The van der Waals surface area contributed by atoms with Crippen LogP contribution in [0.15, 0.2) is 89.0 Å². The summed E-state index contributed by atoms with van der Waals surface area (Å²) in [7, 11) is -1.30. The Morgan fingerprint density at radius 3 is 2.52 bits per heavy atom. The van der Waals surface area contributed by atoms with Gasteiger partial charge in [0.25, 0.3) is 0 Å². The first-order valence-electron chi connectivity index (χ1n) is 9.94. The summed E-state index contributed by atoms with van der Waals surface area (Å²) in [6.07, 6.45) is 6.80. The second-order valence-electron chi connectivity index (χ2n) is 6.56. The van der Waals surface area contributed by atoms with Crippen LogP contribution in [0.1, 0.15) is 12.8 Å². The number of hydrogen-bond acceptors (Lipinski definition) is 4. The lowest BCUT2D eigenvalue weighted by molar-refractivity contribution is 0.662. The predicted octanol–water partition coefficient (Wildman–Crippen LogP) is 3.68. The Hall–Kier alpha value is -3.54. The normalized spacial score (nSPS) is 12.0. The van der Waals surface area contributed by atoms with E-state index in [2.05, 4.69) is 25.3 Å². The van der Waals surface area contributed by atoms with Gasteiger partial charge in [-0.3, -0.25) is 15.3 Å². The lowest BCUT2D eigenvalue weighted by Gasteiger charge is -2.10. The van der Waals surface area contributed by atoms with Gasteiger partial charge in [0.1, 0.15) is 11.0 Å². The van der Waals surface area contributed by atoms with Gasteiger partial charge in [-0.15, -0.1) is 0 Å². The molecule has 0 amide bonds. The Morgan fingerprint density at radius 2 is 1.74 bits per heavy atom. The van der Waals surface area contributed by atoms with Gasteiger partial charge in [-0.1, -0.05) is 48.5 Å². The van der Waals surface area contributed by atoms with E-state index in [1.165, 1.54) is 0 Å². The molecule has 1 unspecified atom stereocenters. The molecule has 0 saturated carbocycles. The highest BCUT2D eigenvalue weighted by Gasteiger charge is 2.10. The van der Waals surface area contributed by atoms with E-state index < -0.39 is 11.0 Å². The van der Waals surface area contributed by atoms with Crippen molar-refractivity contribution >= 4 is 22.6 Å². The van der Waals surface area contributed by atoms with E-state index >= 15 is 0 Å². The molecule has 0 spiro atoms. The molecule has 0 aliphatic rings. The minimum absolute atomic E-state index is 0.391. The molecule has 3 aromatic rings. The molecule has 0 fully saturated rings. The third-order valence-electron chi connectivity index (χ3n) is 4.38. The molecule has 0 aliphatic carbocycles. The van der Waals surface area contributed by atoms with Crippen LogP contribution >= 0.6 is 0 Å². The van der Waals surface area contributed by atoms with Crippen LogP contribution in [0.4, 0.5) is 5.69 Å². The molecule has 3 rings (SSSR count). The number of benzene rings is 2. The maximum atomic E-state index is 12.8. The molecule has 0 saturated heterocycles. The van der Waals surface area contributed by atoms with E-state index in [4.69, 9.17) is 5.26 Å². The van der Waals surface area contributed by atoms with E-state index in [-0.39, 0.29) is 0 Å². The Bertz CT molecular complexity index is 1050. The van der Waals surface area contributed by atoms with Gasteiger partial charge in [0.2, 0.25) is 5.96 Å². The summed E-state index contributed by atoms with van der Waals surface area (Å²) in [6.45, 7) is 1.14. The molecular formula is C23H24N6OS.